The van der Waals surface area contributed by atoms with Gasteiger partial charge in [-0.1, -0.05) is 20.8 Å². The van der Waals surface area contributed by atoms with Crippen molar-refractivity contribution in [2.45, 2.75) is 27.2 Å². The van der Waals surface area contributed by atoms with E-state index in [4.69, 9.17) is 9.15 Å². The van der Waals surface area contributed by atoms with Crippen LogP contribution in [-0.4, -0.2) is 25.5 Å². The largest absolute Gasteiger partial charge is 0.494 e. The van der Waals surface area contributed by atoms with Gasteiger partial charge in [0.25, 0.3) is 0 Å². The molecule has 21 heavy (non-hydrogen) atoms. The van der Waals surface area contributed by atoms with Gasteiger partial charge < -0.3 is 14.5 Å². The van der Waals surface area contributed by atoms with E-state index in [0.29, 0.717) is 12.4 Å². The minimum absolute atomic E-state index is 0.0271. The summed E-state index contributed by atoms with van der Waals surface area (Å²) in [6.07, 6.45) is 0.967. The van der Waals surface area contributed by atoms with Crippen LogP contribution in [0.1, 0.15) is 37.7 Å². The van der Waals surface area contributed by atoms with Gasteiger partial charge in [0.15, 0.2) is 5.76 Å². The van der Waals surface area contributed by atoms with Crippen molar-refractivity contribution in [2.24, 2.45) is 5.92 Å². The van der Waals surface area contributed by atoms with Gasteiger partial charge in [0.05, 0.1) is 6.61 Å². The summed E-state index contributed by atoms with van der Waals surface area (Å²) in [5.74, 6) is 1.19. The Bertz CT molecular complexity index is 601. The molecule has 1 aromatic heterocycles. The standard InChI is InChI=1S/C17H23NO3/c1-4-18-8-5-9-20-14-6-7-15-13(10-14)11-16(21-15)17(19)12(2)3/h6-7,10-12,18H,4-5,8-9H2,1-3H3. The van der Waals surface area contributed by atoms with Gasteiger partial charge in [0, 0.05) is 11.3 Å². The molecular weight excluding hydrogens is 266 g/mol. The van der Waals surface area contributed by atoms with Crippen LogP contribution in [0.2, 0.25) is 0 Å². The highest BCUT2D eigenvalue weighted by Gasteiger charge is 2.15. The Morgan fingerprint density at radius 3 is 2.86 bits per heavy atom. The van der Waals surface area contributed by atoms with Crippen LogP contribution >= 0.6 is 0 Å². The molecule has 0 unspecified atom stereocenters. The molecular formula is C17H23NO3. The number of benzene rings is 1. The Kier molecular flexibility index (Phi) is 5.39. The second kappa shape index (κ2) is 7.27. The van der Waals surface area contributed by atoms with E-state index >= 15 is 0 Å². The number of nitrogens with one attached hydrogen (secondary N) is 1. The normalized spacial score (nSPS) is 11.2. The molecule has 2 rings (SSSR count). The molecule has 4 nitrogen and oxygen atoms in total. The molecule has 114 valence electrons. The monoisotopic (exact) mass is 289 g/mol. The molecule has 1 N–H and O–H groups in total. The van der Waals surface area contributed by atoms with Gasteiger partial charge in [-0.15, -0.1) is 0 Å². The summed E-state index contributed by atoms with van der Waals surface area (Å²) in [5.41, 5.74) is 0.721. The SMILES string of the molecule is CCNCCCOc1ccc2oc(C(=O)C(C)C)cc2c1. The van der Waals surface area contributed by atoms with Gasteiger partial charge in [-0.25, -0.2) is 0 Å². The quantitative estimate of drug-likeness (QED) is 0.595. The van der Waals surface area contributed by atoms with E-state index in [-0.39, 0.29) is 11.7 Å². The zero-order valence-electron chi connectivity index (χ0n) is 12.9. The highest BCUT2D eigenvalue weighted by atomic mass is 16.5. The highest BCUT2D eigenvalue weighted by Crippen LogP contribution is 2.25. The lowest BCUT2D eigenvalue weighted by molar-refractivity contribution is 0.0913. The Morgan fingerprint density at radius 1 is 1.33 bits per heavy atom. The number of hydrogen-bond donors (Lipinski definition) is 1. The molecule has 0 saturated heterocycles. The Labute approximate surface area is 125 Å². The van der Waals surface area contributed by atoms with Crippen molar-refractivity contribution >= 4 is 16.8 Å². The average Bonchev–Trinajstić information content (AvgIpc) is 2.89. The molecule has 0 amide bonds. The van der Waals surface area contributed by atoms with E-state index < -0.39 is 0 Å². The third kappa shape index (κ3) is 4.08. The number of furan rings is 1. The van der Waals surface area contributed by atoms with E-state index in [2.05, 4.69) is 12.2 Å². The smallest absolute Gasteiger partial charge is 0.200 e. The van der Waals surface area contributed by atoms with E-state index in [1.54, 1.807) is 6.07 Å². The van der Waals surface area contributed by atoms with Crippen LogP contribution in [0, 0.1) is 5.92 Å². The van der Waals surface area contributed by atoms with Crippen LogP contribution < -0.4 is 10.1 Å². The van der Waals surface area contributed by atoms with Crippen molar-refractivity contribution in [2.75, 3.05) is 19.7 Å². The number of carbonyl (C=O) groups is 1. The van der Waals surface area contributed by atoms with E-state index in [1.807, 2.05) is 32.0 Å². The van der Waals surface area contributed by atoms with Gasteiger partial charge in [-0.3, -0.25) is 4.79 Å². The number of fused-ring (bicyclic) bond motifs is 1. The number of rotatable bonds is 8. The van der Waals surface area contributed by atoms with Gasteiger partial charge in [0.1, 0.15) is 11.3 Å². The van der Waals surface area contributed by atoms with Crippen molar-refractivity contribution in [3.05, 3.63) is 30.0 Å². The summed E-state index contributed by atoms with van der Waals surface area (Å²) in [5, 5.41) is 4.16. The third-order valence-corrected chi connectivity index (χ3v) is 3.27. The number of Topliss-reactive ketones (excluding diaryl/α,β-unsaturated/α-hetero) is 1. The first-order valence-corrected chi connectivity index (χ1v) is 7.53. The summed E-state index contributed by atoms with van der Waals surface area (Å²) < 4.78 is 11.3. The molecule has 1 heterocycles. The summed E-state index contributed by atoms with van der Waals surface area (Å²) in [6, 6.07) is 7.45. The van der Waals surface area contributed by atoms with Crippen LogP contribution in [0.15, 0.2) is 28.7 Å². The second-order valence-corrected chi connectivity index (χ2v) is 5.38. The first-order chi connectivity index (χ1) is 10.1. The fourth-order valence-corrected chi connectivity index (χ4v) is 2.08. The Hall–Kier alpha value is -1.81. The molecule has 0 saturated carbocycles. The number of ketones is 1. The maximum atomic E-state index is 11.9. The van der Waals surface area contributed by atoms with Crippen LogP contribution in [0.25, 0.3) is 11.0 Å². The molecule has 0 spiro atoms. The lowest BCUT2D eigenvalue weighted by Crippen LogP contribution is -2.16. The lowest BCUT2D eigenvalue weighted by Gasteiger charge is -2.06. The average molecular weight is 289 g/mol. The number of carbonyl (C=O) groups excluding carboxylic acids is 1. The van der Waals surface area contributed by atoms with Crippen molar-refractivity contribution < 1.29 is 13.9 Å². The molecule has 0 fully saturated rings. The molecule has 1 aromatic carbocycles. The van der Waals surface area contributed by atoms with Crippen molar-refractivity contribution in [1.82, 2.24) is 5.32 Å². The Morgan fingerprint density at radius 2 is 2.14 bits per heavy atom. The van der Waals surface area contributed by atoms with E-state index in [9.17, 15) is 4.79 Å². The maximum absolute atomic E-state index is 11.9. The number of ether oxygens (including phenoxy) is 1. The molecule has 0 aliphatic carbocycles. The maximum Gasteiger partial charge on any atom is 0.200 e. The van der Waals surface area contributed by atoms with Crippen LogP contribution in [0.3, 0.4) is 0 Å². The minimum Gasteiger partial charge on any atom is -0.494 e. The van der Waals surface area contributed by atoms with Crippen LogP contribution in [0.5, 0.6) is 5.75 Å². The van der Waals surface area contributed by atoms with Gasteiger partial charge in [0.2, 0.25) is 5.78 Å². The predicted octanol–water partition coefficient (Wildman–Crippen LogP) is 3.65. The summed E-state index contributed by atoms with van der Waals surface area (Å²) >= 11 is 0. The first kappa shape index (κ1) is 15.6. The van der Waals surface area contributed by atoms with Crippen molar-refractivity contribution in [3.63, 3.8) is 0 Å². The minimum atomic E-state index is -0.0626. The van der Waals surface area contributed by atoms with Crippen LogP contribution in [-0.2, 0) is 0 Å². The summed E-state index contributed by atoms with van der Waals surface area (Å²) in [4.78, 5) is 11.9. The lowest BCUT2D eigenvalue weighted by atomic mass is 10.1. The fourth-order valence-electron chi connectivity index (χ4n) is 2.08. The van der Waals surface area contributed by atoms with Gasteiger partial charge >= 0.3 is 0 Å². The highest BCUT2D eigenvalue weighted by molar-refractivity contribution is 5.98. The van der Waals surface area contributed by atoms with Gasteiger partial charge in [-0.05, 0) is 43.8 Å². The molecule has 0 aliphatic rings. The van der Waals surface area contributed by atoms with Gasteiger partial charge in [-0.2, -0.15) is 0 Å². The van der Waals surface area contributed by atoms with Crippen molar-refractivity contribution in [1.29, 1.82) is 0 Å². The molecule has 0 bridgehead atoms. The molecule has 0 atom stereocenters. The molecule has 0 radical (unpaired) electrons. The second-order valence-electron chi connectivity index (χ2n) is 5.38. The van der Waals surface area contributed by atoms with E-state index in [0.717, 1.165) is 36.2 Å². The molecule has 4 heteroatoms. The predicted molar refractivity (Wildman–Crippen MR) is 84.0 cm³/mol. The fraction of sp³-hybridized carbons (Fsp3) is 0.471. The summed E-state index contributed by atoms with van der Waals surface area (Å²) in [7, 11) is 0. The van der Waals surface area contributed by atoms with E-state index in [1.165, 1.54) is 0 Å². The molecule has 2 aromatic rings. The topological polar surface area (TPSA) is 51.5 Å². The first-order valence-electron chi connectivity index (χ1n) is 7.53. The zero-order valence-corrected chi connectivity index (χ0v) is 12.9. The summed E-state index contributed by atoms with van der Waals surface area (Å²) in [6.45, 7) is 8.44. The van der Waals surface area contributed by atoms with Crippen molar-refractivity contribution in [3.8, 4) is 5.75 Å². The third-order valence-electron chi connectivity index (χ3n) is 3.27. The van der Waals surface area contributed by atoms with Crippen LogP contribution in [0.4, 0.5) is 0 Å². The molecule has 0 aliphatic heterocycles. The number of hydrogen-bond acceptors (Lipinski definition) is 4. The Balaban J connectivity index is 2.02. The zero-order chi connectivity index (χ0) is 15.2.